The fourth-order valence-corrected chi connectivity index (χ4v) is 5.88. The standard InChI is InChI=1S/C23H20N4O2.C16H13ClN4O/c28-20(17-9-10-17)13-21-25-22-8-4-7-19(27(22)26-21)18-11-12-23(24-14-18)29-15-16-5-2-1-3-6-16;17-14-7-6-11(9-18-14)12-2-1-3-16-19-15(20-21(12)16)8-13(22)10-4-5-10/h1-8,11-12,14,17H,9-10,13,15H2;1-3,6-7,9-10H,4-5,8H2. The number of fused-ring (bicyclic) bond motifs is 2. The molecule has 0 atom stereocenters. The number of nitrogens with zero attached hydrogens (tertiary/aromatic N) is 8. The predicted molar refractivity (Wildman–Crippen MR) is 191 cm³/mol. The van der Waals surface area contributed by atoms with Crippen molar-refractivity contribution in [3.8, 4) is 28.4 Å². The minimum Gasteiger partial charge on any atom is -0.473 e. The summed E-state index contributed by atoms with van der Waals surface area (Å²) >= 11 is 5.83. The minimum absolute atomic E-state index is 0.216. The van der Waals surface area contributed by atoms with Crippen LogP contribution in [0.4, 0.5) is 0 Å². The highest BCUT2D eigenvalue weighted by atomic mass is 35.5. The Morgan fingerprint density at radius 2 is 1.20 bits per heavy atom. The van der Waals surface area contributed by atoms with Crippen molar-refractivity contribution in [3.63, 3.8) is 0 Å². The van der Waals surface area contributed by atoms with E-state index in [0.717, 1.165) is 65.1 Å². The lowest BCUT2D eigenvalue weighted by atomic mass is 10.2. The molecular formula is C39H33ClN8O3. The summed E-state index contributed by atoms with van der Waals surface area (Å²) in [5.74, 6) is 2.64. The summed E-state index contributed by atoms with van der Waals surface area (Å²) in [7, 11) is 0. The Labute approximate surface area is 298 Å². The van der Waals surface area contributed by atoms with Gasteiger partial charge in [0.1, 0.15) is 23.3 Å². The van der Waals surface area contributed by atoms with E-state index in [1.54, 1.807) is 27.5 Å². The molecule has 12 heteroatoms. The van der Waals surface area contributed by atoms with Crippen molar-refractivity contribution in [3.05, 3.63) is 126 Å². The van der Waals surface area contributed by atoms with E-state index in [1.807, 2.05) is 84.9 Å². The molecule has 11 nitrogen and oxygen atoms in total. The Bertz CT molecular complexity index is 2330. The van der Waals surface area contributed by atoms with Gasteiger partial charge < -0.3 is 4.74 Å². The minimum atomic E-state index is 0.216. The predicted octanol–water partition coefficient (Wildman–Crippen LogP) is 6.86. The first-order valence-corrected chi connectivity index (χ1v) is 17.3. The molecule has 0 N–H and O–H groups in total. The molecule has 0 aliphatic heterocycles. The molecule has 254 valence electrons. The number of hydrogen-bond donors (Lipinski definition) is 0. The van der Waals surface area contributed by atoms with Crippen molar-refractivity contribution < 1.29 is 14.3 Å². The molecule has 1 aromatic carbocycles. The number of carbonyl (C=O) groups is 2. The van der Waals surface area contributed by atoms with Gasteiger partial charge in [0.25, 0.3) is 0 Å². The maximum absolute atomic E-state index is 12.1. The van der Waals surface area contributed by atoms with Crippen LogP contribution >= 0.6 is 11.6 Å². The van der Waals surface area contributed by atoms with Crippen LogP contribution < -0.4 is 4.74 Å². The fraction of sp³-hybridized carbons (Fsp3) is 0.231. The maximum atomic E-state index is 12.1. The first-order chi connectivity index (χ1) is 25.0. The molecule has 51 heavy (non-hydrogen) atoms. The summed E-state index contributed by atoms with van der Waals surface area (Å²) in [6, 6.07) is 29.0. The largest absolute Gasteiger partial charge is 0.473 e. The fourth-order valence-electron chi connectivity index (χ4n) is 5.77. The molecule has 6 heterocycles. The molecule has 0 spiro atoms. The van der Waals surface area contributed by atoms with Gasteiger partial charge in [-0.05, 0) is 73.7 Å². The first kappa shape index (κ1) is 32.4. The highest BCUT2D eigenvalue weighted by Gasteiger charge is 2.31. The van der Waals surface area contributed by atoms with Gasteiger partial charge >= 0.3 is 0 Å². The number of aromatic nitrogens is 8. The van der Waals surface area contributed by atoms with Gasteiger partial charge in [-0.25, -0.2) is 29.0 Å². The average molecular weight is 697 g/mol. The van der Waals surface area contributed by atoms with Crippen molar-refractivity contribution in [2.75, 3.05) is 0 Å². The van der Waals surface area contributed by atoms with Crippen LogP contribution in [0.15, 0.2) is 103 Å². The number of benzene rings is 1. The van der Waals surface area contributed by atoms with Crippen LogP contribution in [0.3, 0.4) is 0 Å². The molecule has 2 aliphatic rings. The number of carbonyl (C=O) groups excluding carboxylic acids is 2. The first-order valence-electron chi connectivity index (χ1n) is 17.0. The van der Waals surface area contributed by atoms with E-state index in [9.17, 15) is 9.59 Å². The van der Waals surface area contributed by atoms with Crippen LogP contribution in [-0.2, 0) is 29.0 Å². The van der Waals surface area contributed by atoms with Crippen molar-refractivity contribution >= 4 is 34.5 Å². The van der Waals surface area contributed by atoms with Crippen LogP contribution in [0.25, 0.3) is 33.8 Å². The lowest BCUT2D eigenvalue weighted by molar-refractivity contribution is -0.120. The normalized spacial score (nSPS) is 13.9. The van der Waals surface area contributed by atoms with Gasteiger partial charge in [-0.15, -0.1) is 0 Å². The number of pyridine rings is 4. The number of Topliss-reactive ketones (excluding diaryl/α,β-unsaturated/α-hetero) is 2. The third kappa shape index (κ3) is 7.68. The Hall–Kier alpha value is -5.81. The molecule has 0 amide bonds. The van der Waals surface area contributed by atoms with E-state index in [2.05, 4.69) is 30.1 Å². The van der Waals surface area contributed by atoms with E-state index >= 15 is 0 Å². The molecule has 6 aromatic heterocycles. The van der Waals surface area contributed by atoms with E-state index in [0.29, 0.717) is 42.1 Å². The number of hydrogen-bond acceptors (Lipinski definition) is 9. The zero-order valence-corrected chi connectivity index (χ0v) is 28.4. The van der Waals surface area contributed by atoms with Gasteiger partial charge in [0.2, 0.25) is 5.88 Å². The third-order valence-corrected chi connectivity index (χ3v) is 9.05. The Morgan fingerprint density at radius 3 is 1.69 bits per heavy atom. The summed E-state index contributed by atoms with van der Waals surface area (Å²) in [6.45, 7) is 0.476. The molecule has 2 aliphatic carbocycles. The van der Waals surface area contributed by atoms with Gasteiger partial charge in [-0.3, -0.25) is 9.59 Å². The Morgan fingerprint density at radius 1 is 0.647 bits per heavy atom. The second-order valence-corrected chi connectivity index (χ2v) is 13.2. The number of halogens is 1. The van der Waals surface area contributed by atoms with Crippen LogP contribution in [-0.4, -0.2) is 50.7 Å². The van der Waals surface area contributed by atoms with E-state index < -0.39 is 0 Å². The van der Waals surface area contributed by atoms with E-state index in [1.165, 1.54) is 0 Å². The van der Waals surface area contributed by atoms with E-state index in [4.69, 9.17) is 16.3 Å². The zero-order chi connectivity index (χ0) is 34.7. The van der Waals surface area contributed by atoms with Crippen molar-refractivity contribution in [2.45, 2.75) is 45.1 Å². The van der Waals surface area contributed by atoms with Gasteiger partial charge in [0.15, 0.2) is 22.9 Å². The van der Waals surface area contributed by atoms with Crippen LogP contribution in [0.1, 0.15) is 42.9 Å². The topological polar surface area (TPSA) is 130 Å². The molecule has 2 fully saturated rings. The Kier molecular flexibility index (Phi) is 9.02. The summed E-state index contributed by atoms with van der Waals surface area (Å²) in [4.78, 5) is 41.5. The number of ketones is 2. The smallest absolute Gasteiger partial charge is 0.213 e. The molecule has 0 bridgehead atoms. The molecule has 9 rings (SSSR count). The van der Waals surface area contributed by atoms with Crippen molar-refractivity contribution in [2.24, 2.45) is 11.8 Å². The van der Waals surface area contributed by atoms with Crippen molar-refractivity contribution in [1.29, 1.82) is 0 Å². The lowest BCUT2D eigenvalue weighted by Gasteiger charge is -2.07. The summed E-state index contributed by atoms with van der Waals surface area (Å²) in [6.07, 6.45) is 8.10. The third-order valence-electron chi connectivity index (χ3n) is 8.82. The highest BCUT2D eigenvalue weighted by molar-refractivity contribution is 6.29. The zero-order valence-electron chi connectivity index (χ0n) is 27.6. The van der Waals surface area contributed by atoms with Gasteiger partial charge in [-0.2, -0.15) is 10.2 Å². The van der Waals surface area contributed by atoms with Crippen LogP contribution in [0.5, 0.6) is 5.88 Å². The van der Waals surface area contributed by atoms with Gasteiger partial charge in [0.05, 0.1) is 24.2 Å². The quantitative estimate of drug-likeness (QED) is 0.133. The van der Waals surface area contributed by atoms with Crippen LogP contribution in [0, 0.1) is 11.8 Å². The van der Waals surface area contributed by atoms with Crippen LogP contribution in [0.2, 0.25) is 5.15 Å². The Balaban J connectivity index is 0.000000152. The lowest BCUT2D eigenvalue weighted by Crippen LogP contribution is -2.06. The highest BCUT2D eigenvalue weighted by Crippen LogP contribution is 2.32. The molecule has 7 aromatic rings. The second kappa shape index (κ2) is 14.2. The van der Waals surface area contributed by atoms with Gasteiger partial charge in [-0.1, -0.05) is 54.1 Å². The molecular weight excluding hydrogens is 664 g/mol. The average Bonchev–Trinajstić information content (AvgIpc) is 4.10. The maximum Gasteiger partial charge on any atom is 0.213 e. The van der Waals surface area contributed by atoms with E-state index in [-0.39, 0.29) is 23.4 Å². The molecule has 0 unspecified atom stereocenters. The number of rotatable bonds is 11. The SMILES string of the molecule is O=C(Cc1nc2cccc(-c3ccc(Cl)nc3)n2n1)C1CC1.O=C(Cc1nc2cccc(-c3ccc(OCc4ccccc4)nc3)n2n1)C1CC1. The molecule has 0 saturated heterocycles. The summed E-state index contributed by atoms with van der Waals surface area (Å²) in [5.41, 5.74) is 6.12. The van der Waals surface area contributed by atoms with Crippen molar-refractivity contribution in [1.82, 2.24) is 39.2 Å². The van der Waals surface area contributed by atoms with Gasteiger partial charge in [0, 0.05) is 41.4 Å². The second-order valence-electron chi connectivity index (χ2n) is 12.8. The summed E-state index contributed by atoms with van der Waals surface area (Å²) < 4.78 is 9.29. The monoisotopic (exact) mass is 696 g/mol. The molecule has 2 saturated carbocycles. The molecule has 0 radical (unpaired) electrons. The summed E-state index contributed by atoms with van der Waals surface area (Å²) in [5, 5.41) is 9.50. The number of ether oxygens (including phenoxy) is 1.